The average Bonchev–Trinajstić information content (AvgIpc) is 2.27. The third-order valence-electron chi connectivity index (χ3n) is 2.49. The summed E-state index contributed by atoms with van der Waals surface area (Å²) in [6, 6.07) is 2.42. The van der Waals surface area contributed by atoms with Crippen LogP contribution >= 0.6 is 0 Å². The maximum absolute atomic E-state index is 5.67. The van der Waals surface area contributed by atoms with Gasteiger partial charge in [-0.15, -0.1) is 0 Å². The lowest BCUT2D eigenvalue weighted by Gasteiger charge is -2.11. The fourth-order valence-corrected chi connectivity index (χ4v) is 1.53. The lowest BCUT2D eigenvalue weighted by atomic mass is 10.2. The largest absolute Gasteiger partial charge is 0.478 e. The molecule has 4 heteroatoms. The first-order valence-corrected chi connectivity index (χ1v) is 6.70. The summed E-state index contributed by atoms with van der Waals surface area (Å²) in [5.41, 5.74) is 0.962. The summed E-state index contributed by atoms with van der Waals surface area (Å²) >= 11 is 0. The van der Waals surface area contributed by atoms with Crippen LogP contribution in [0.15, 0.2) is 6.07 Å². The molecule has 0 fully saturated rings. The molecule has 0 atom stereocenters. The van der Waals surface area contributed by atoms with Crippen molar-refractivity contribution < 1.29 is 4.74 Å². The average molecular weight is 251 g/mol. The molecule has 0 spiro atoms. The molecule has 0 amide bonds. The van der Waals surface area contributed by atoms with Crippen LogP contribution in [-0.2, 0) is 0 Å². The van der Waals surface area contributed by atoms with Crippen LogP contribution < -0.4 is 10.1 Å². The van der Waals surface area contributed by atoms with Gasteiger partial charge < -0.3 is 10.1 Å². The van der Waals surface area contributed by atoms with E-state index >= 15 is 0 Å². The summed E-state index contributed by atoms with van der Waals surface area (Å²) in [4.78, 5) is 8.81. The third-order valence-corrected chi connectivity index (χ3v) is 2.49. The van der Waals surface area contributed by atoms with Crippen LogP contribution in [0.2, 0.25) is 0 Å². The van der Waals surface area contributed by atoms with E-state index < -0.39 is 0 Å². The number of rotatable bonds is 7. The molecule has 0 aliphatic rings. The van der Waals surface area contributed by atoms with Gasteiger partial charge in [0.1, 0.15) is 5.82 Å². The second kappa shape index (κ2) is 7.31. The Bertz CT molecular complexity index is 364. The van der Waals surface area contributed by atoms with Crippen molar-refractivity contribution in [2.24, 2.45) is 0 Å². The highest BCUT2D eigenvalue weighted by Crippen LogP contribution is 2.15. The Labute approximate surface area is 110 Å². The van der Waals surface area contributed by atoms with Crippen LogP contribution in [0.5, 0.6) is 5.88 Å². The van der Waals surface area contributed by atoms with Crippen molar-refractivity contribution in [3.05, 3.63) is 17.6 Å². The molecular formula is C14H25N3O. The van der Waals surface area contributed by atoms with E-state index in [4.69, 9.17) is 4.74 Å². The van der Waals surface area contributed by atoms with Crippen molar-refractivity contribution in [3.63, 3.8) is 0 Å². The van der Waals surface area contributed by atoms with Crippen LogP contribution in [0.4, 0.5) is 0 Å². The molecule has 1 aromatic heterocycles. The number of nitrogens with one attached hydrogen (secondary N) is 1. The fraction of sp³-hybridized carbons (Fsp3) is 0.714. The Morgan fingerprint density at radius 1 is 1.22 bits per heavy atom. The zero-order chi connectivity index (χ0) is 13.5. The van der Waals surface area contributed by atoms with Gasteiger partial charge in [0.15, 0.2) is 0 Å². The van der Waals surface area contributed by atoms with E-state index in [2.05, 4.69) is 43.0 Å². The zero-order valence-electron chi connectivity index (χ0n) is 12.2. The van der Waals surface area contributed by atoms with Gasteiger partial charge in [0, 0.05) is 23.7 Å². The Morgan fingerprint density at radius 3 is 2.56 bits per heavy atom. The van der Waals surface area contributed by atoms with Gasteiger partial charge in [-0.3, -0.25) is 0 Å². The van der Waals surface area contributed by atoms with Gasteiger partial charge in [0.25, 0.3) is 0 Å². The summed E-state index contributed by atoms with van der Waals surface area (Å²) in [6.45, 7) is 12.1. The molecule has 1 N–H and O–H groups in total. The van der Waals surface area contributed by atoms with Gasteiger partial charge in [-0.25, -0.2) is 4.98 Å². The number of nitrogens with zero attached hydrogens (tertiary/aromatic N) is 2. The molecule has 0 bridgehead atoms. The highest BCUT2D eigenvalue weighted by atomic mass is 16.5. The molecule has 0 radical (unpaired) electrons. The lowest BCUT2D eigenvalue weighted by Crippen LogP contribution is -2.24. The van der Waals surface area contributed by atoms with E-state index in [0.717, 1.165) is 24.5 Å². The van der Waals surface area contributed by atoms with Gasteiger partial charge in [0.2, 0.25) is 5.88 Å². The predicted molar refractivity (Wildman–Crippen MR) is 74.1 cm³/mol. The molecule has 102 valence electrons. The molecule has 0 aliphatic heterocycles. The summed E-state index contributed by atoms with van der Waals surface area (Å²) in [6.07, 6.45) is 0.984. The number of aryl methyl sites for hydroxylation is 1. The predicted octanol–water partition coefficient (Wildman–Crippen LogP) is 2.68. The van der Waals surface area contributed by atoms with Crippen molar-refractivity contribution in [2.75, 3.05) is 13.2 Å². The van der Waals surface area contributed by atoms with Crippen molar-refractivity contribution in [1.29, 1.82) is 0 Å². The standard InChI is InChI=1S/C14H25N3O/c1-10(2)14-16-12(5)9-13(17-14)18-8-6-7-15-11(3)4/h9-11,15H,6-8H2,1-5H3. The number of hydrogen-bond donors (Lipinski definition) is 1. The van der Waals surface area contributed by atoms with Crippen molar-refractivity contribution in [1.82, 2.24) is 15.3 Å². The molecule has 0 aliphatic carbocycles. The maximum Gasteiger partial charge on any atom is 0.216 e. The van der Waals surface area contributed by atoms with E-state index in [1.807, 2.05) is 13.0 Å². The minimum absolute atomic E-state index is 0.329. The quantitative estimate of drug-likeness (QED) is 0.757. The fourth-order valence-electron chi connectivity index (χ4n) is 1.53. The van der Waals surface area contributed by atoms with E-state index in [9.17, 15) is 0 Å². The second-order valence-corrected chi connectivity index (χ2v) is 5.17. The highest BCUT2D eigenvalue weighted by molar-refractivity contribution is 5.16. The summed E-state index contributed by atoms with van der Waals surface area (Å²) < 4.78 is 5.67. The van der Waals surface area contributed by atoms with Crippen LogP contribution in [0, 0.1) is 6.92 Å². The van der Waals surface area contributed by atoms with Crippen molar-refractivity contribution in [3.8, 4) is 5.88 Å². The minimum atomic E-state index is 0.329. The molecule has 4 nitrogen and oxygen atoms in total. The molecule has 0 aromatic carbocycles. The highest BCUT2D eigenvalue weighted by Gasteiger charge is 2.06. The Morgan fingerprint density at radius 2 is 1.94 bits per heavy atom. The Kier molecular flexibility index (Phi) is 6.05. The summed E-state index contributed by atoms with van der Waals surface area (Å²) in [5.74, 6) is 1.87. The number of hydrogen-bond acceptors (Lipinski definition) is 4. The lowest BCUT2D eigenvalue weighted by molar-refractivity contribution is 0.293. The van der Waals surface area contributed by atoms with Gasteiger partial charge >= 0.3 is 0 Å². The van der Waals surface area contributed by atoms with E-state index in [1.54, 1.807) is 0 Å². The zero-order valence-corrected chi connectivity index (χ0v) is 12.2. The summed E-state index contributed by atoms with van der Waals surface area (Å²) in [5, 5.41) is 3.36. The van der Waals surface area contributed by atoms with Crippen LogP contribution in [0.25, 0.3) is 0 Å². The maximum atomic E-state index is 5.67. The van der Waals surface area contributed by atoms with E-state index in [0.29, 0.717) is 24.4 Å². The van der Waals surface area contributed by atoms with Crippen LogP contribution in [0.1, 0.15) is 51.6 Å². The first-order valence-electron chi connectivity index (χ1n) is 6.70. The van der Waals surface area contributed by atoms with Gasteiger partial charge in [-0.1, -0.05) is 27.7 Å². The molecule has 0 unspecified atom stereocenters. The topological polar surface area (TPSA) is 47.0 Å². The third kappa shape index (κ3) is 5.45. The summed E-state index contributed by atoms with van der Waals surface area (Å²) in [7, 11) is 0. The van der Waals surface area contributed by atoms with E-state index in [-0.39, 0.29) is 0 Å². The SMILES string of the molecule is Cc1cc(OCCCNC(C)C)nc(C(C)C)n1. The van der Waals surface area contributed by atoms with Gasteiger partial charge in [0.05, 0.1) is 6.61 Å². The number of ether oxygens (including phenoxy) is 1. The monoisotopic (exact) mass is 251 g/mol. The molecule has 0 saturated carbocycles. The minimum Gasteiger partial charge on any atom is -0.478 e. The normalized spacial score (nSPS) is 11.3. The smallest absolute Gasteiger partial charge is 0.216 e. The molecule has 1 aromatic rings. The molecule has 18 heavy (non-hydrogen) atoms. The Hall–Kier alpha value is -1.16. The second-order valence-electron chi connectivity index (χ2n) is 5.17. The van der Waals surface area contributed by atoms with Crippen LogP contribution in [0.3, 0.4) is 0 Å². The van der Waals surface area contributed by atoms with Crippen LogP contribution in [-0.4, -0.2) is 29.2 Å². The van der Waals surface area contributed by atoms with Crippen molar-refractivity contribution >= 4 is 0 Å². The van der Waals surface area contributed by atoms with Crippen molar-refractivity contribution in [2.45, 2.75) is 53.0 Å². The van der Waals surface area contributed by atoms with E-state index in [1.165, 1.54) is 0 Å². The van der Waals surface area contributed by atoms with Gasteiger partial charge in [-0.2, -0.15) is 4.98 Å². The van der Waals surface area contributed by atoms with Gasteiger partial charge in [-0.05, 0) is 19.9 Å². The molecular weight excluding hydrogens is 226 g/mol. The molecule has 0 saturated heterocycles. The molecule has 1 rings (SSSR count). The first kappa shape index (κ1) is 14.9. The number of aromatic nitrogens is 2. The molecule has 1 heterocycles. The Balaban J connectivity index is 2.42. The first-order chi connectivity index (χ1) is 8.49.